The number of carboxylic acids is 2. The number of aliphatic hydroxyl groups is 1. The zero-order valence-electron chi connectivity index (χ0n) is 11.9. The lowest BCUT2D eigenvalue weighted by Gasteiger charge is -2.18. The van der Waals surface area contributed by atoms with Crippen LogP contribution in [0.2, 0.25) is 0 Å². The summed E-state index contributed by atoms with van der Waals surface area (Å²) in [6.45, 7) is 2.99. The fourth-order valence-electron chi connectivity index (χ4n) is 1.91. The number of rotatable bonds is 4. The zero-order valence-corrected chi connectivity index (χ0v) is 11.9. The van der Waals surface area contributed by atoms with Crippen molar-refractivity contribution in [1.82, 2.24) is 9.97 Å². The first-order chi connectivity index (χ1) is 10.2. The number of hydrogen-bond donors (Lipinski definition) is 3. The average Bonchev–Trinajstić information content (AvgIpc) is 2.45. The van der Waals surface area contributed by atoms with Gasteiger partial charge in [0.1, 0.15) is 11.3 Å². The Morgan fingerprint density at radius 2 is 1.77 bits per heavy atom. The van der Waals surface area contributed by atoms with Crippen molar-refractivity contribution in [2.75, 3.05) is 0 Å². The van der Waals surface area contributed by atoms with E-state index in [-0.39, 0.29) is 22.6 Å². The molecule has 0 aliphatic heterocycles. The first-order valence-corrected chi connectivity index (χ1v) is 6.37. The Bertz CT molecular complexity index is 750. The lowest BCUT2D eigenvalue weighted by molar-refractivity contribution is 0.0666. The van der Waals surface area contributed by atoms with E-state index in [1.807, 2.05) is 0 Å². The van der Waals surface area contributed by atoms with Gasteiger partial charge in [0.05, 0.1) is 5.69 Å². The zero-order chi connectivity index (χ0) is 16.5. The van der Waals surface area contributed by atoms with Gasteiger partial charge in [-0.3, -0.25) is 0 Å². The third-order valence-corrected chi connectivity index (χ3v) is 3.01. The summed E-state index contributed by atoms with van der Waals surface area (Å²) >= 11 is 0. The summed E-state index contributed by atoms with van der Waals surface area (Å²) in [7, 11) is 0. The van der Waals surface area contributed by atoms with Crippen LogP contribution in [0.15, 0.2) is 30.5 Å². The molecule has 0 bridgehead atoms. The Kier molecular flexibility index (Phi) is 3.92. The fraction of sp³-hybridized carbons (Fsp3) is 0.200. The van der Waals surface area contributed by atoms with Crippen molar-refractivity contribution in [3.8, 4) is 11.1 Å². The van der Waals surface area contributed by atoms with E-state index in [0.29, 0.717) is 5.56 Å². The van der Waals surface area contributed by atoms with Gasteiger partial charge in [0.2, 0.25) is 0 Å². The first kappa shape index (κ1) is 15.6. The Balaban J connectivity index is 2.63. The summed E-state index contributed by atoms with van der Waals surface area (Å²) < 4.78 is 0. The van der Waals surface area contributed by atoms with E-state index >= 15 is 0 Å². The second-order valence-corrected chi connectivity index (χ2v) is 5.19. The van der Waals surface area contributed by atoms with Gasteiger partial charge in [-0.25, -0.2) is 19.6 Å². The van der Waals surface area contributed by atoms with E-state index < -0.39 is 17.5 Å². The summed E-state index contributed by atoms with van der Waals surface area (Å²) in [6, 6.07) is 5.77. The second kappa shape index (κ2) is 5.53. The molecule has 0 saturated heterocycles. The standard InChI is InChI=1S/C15H14N2O5/c1-15(2,22)11-4-3-9(12(17-11)14(20)21)8-5-6-16-10(7-8)13(18)19/h3-7,22H,1-2H3,(H,18,19)(H,20,21). The molecule has 0 aliphatic rings. The minimum Gasteiger partial charge on any atom is -0.477 e. The molecule has 0 spiro atoms. The van der Waals surface area contributed by atoms with Gasteiger partial charge in [-0.1, -0.05) is 6.07 Å². The quantitative estimate of drug-likeness (QED) is 0.786. The summed E-state index contributed by atoms with van der Waals surface area (Å²) in [6.07, 6.45) is 1.29. The van der Waals surface area contributed by atoms with Crippen molar-refractivity contribution in [2.45, 2.75) is 19.4 Å². The highest BCUT2D eigenvalue weighted by molar-refractivity contribution is 5.95. The molecular formula is C15H14N2O5. The third-order valence-electron chi connectivity index (χ3n) is 3.01. The highest BCUT2D eigenvalue weighted by Crippen LogP contribution is 2.26. The molecule has 2 rings (SSSR count). The molecule has 7 nitrogen and oxygen atoms in total. The minimum absolute atomic E-state index is 0.194. The summed E-state index contributed by atoms with van der Waals surface area (Å²) in [5.41, 5.74) is -0.901. The van der Waals surface area contributed by atoms with Gasteiger partial charge in [0.15, 0.2) is 5.69 Å². The van der Waals surface area contributed by atoms with Crippen LogP contribution in [0.5, 0.6) is 0 Å². The van der Waals surface area contributed by atoms with E-state index in [2.05, 4.69) is 9.97 Å². The molecule has 2 aromatic rings. The smallest absolute Gasteiger partial charge is 0.355 e. The van der Waals surface area contributed by atoms with E-state index in [9.17, 15) is 19.8 Å². The maximum atomic E-state index is 11.4. The summed E-state index contributed by atoms with van der Waals surface area (Å²) in [4.78, 5) is 30.0. The van der Waals surface area contributed by atoms with E-state index in [4.69, 9.17) is 5.11 Å². The normalized spacial score (nSPS) is 11.2. The van der Waals surface area contributed by atoms with Crippen LogP contribution in [0.4, 0.5) is 0 Å². The van der Waals surface area contributed by atoms with Crippen molar-refractivity contribution in [3.63, 3.8) is 0 Å². The Hall–Kier alpha value is -2.80. The average molecular weight is 302 g/mol. The molecule has 0 radical (unpaired) electrons. The molecule has 0 amide bonds. The molecular weight excluding hydrogens is 288 g/mol. The Morgan fingerprint density at radius 3 is 2.32 bits per heavy atom. The lowest BCUT2D eigenvalue weighted by Crippen LogP contribution is -2.19. The predicted molar refractivity (Wildman–Crippen MR) is 76.6 cm³/mol. The second-order valence-electron chi connectivity index (χ2n) is 5.19. The molecule has 22 heavy (non-hydrogen) atoms. The van der Waals surface area contributed by atoms with Crippen LogP contribution in [-0.2, 0) is 5.60 Å². The number of aromatic carboxylic acids is 2. The van der Waals surface area contributed by atoms with Crippen molar-refractivity contribution in [2.24, 2.45) is 0 Å². The highest BCUT2D eigenvalue weighted by Gasteiger charge is 2.22. The van der Waals surface area contributed by atoms with Gasteiger partial charge in [-0.2, -0.15) is 0 Å². The number of hydrogen-bond acceptors (Lipinski definition) is 5. The molecule has 2 heterocycles. The summed E-state index contributed by atoms with van der Waals surface area (Å²) in [5.74, 6) is -2.48. The lowest BCUT2D eigenvalue weighted by atomic mass is 9.99. The van der Waals surface area contributed by atoms with Gasteiger partial charge < -0.3 is 15.3 Å². The van der Waals surface area contributed by atoms with Crippen LogP contribution in [0.1, 0.15) is 40.5 Å². The van der Waals surface area contributed by atoms with Crippen molar-refractivity contribution >= 4 is 11.9 Å². The van der Waals surface area contributed by atoms with E-state index in [1.54, 1.807) is 0 Å². The predicted octanol–water partition coefficient (Wildman–Crippen LogP) is 1.77. The number of carboxylic acid groups (broad SMARTS) is 2. The van der Waals surface area contributed by atoms with Gasteiger partial charge in [0, 0.05) is 11.8 Å². The highest BCUT2D eigenvalue weighted by atomic mass is 16.4. The molecule has 0 saturated carbocycles. The number of nitrogens with zero attached hydrogens (tertiary/aromatic N) is 2. The maximum Gasteiger partial charge on any atom is 0.355 e. The molecule has 0 unspecified atom stereocenters. The van der Waals surface area contributed by atoms with Gasteiger partial charge >= 0.3 is 11.9 Å². The summed E-state index contributed by atoms with van der Waals surface area (Å²) in [5, 5.41) is 28.2. The molecule has 0 atom stereocenters. The van der Waals surface area contributed by atoms with Crippen molar-refractivity contribution in [3.05, 3.63) is 47.5 Å². The molecule has 7 heteroatoms. The van der Waals surface area contributed by atoms with E-state index in [1.165, 1.54) is 44.3 Å². The van der Waals surface area contributed by atoms with Crippen LogP contribution in [0.25, 0.3) is 11.1 Å². The Labute approximate surface area is 125 Å². The molecule has 114 valence electrons. The minimum atomic E-state index is -1.28. The number of pyridine rings is 2. The van der Waals surface area contributed by atoms with Crippen LogP contribution in [-0.4, -0.2) is 37.2 Å². The third kappa shape index (κ3) is 3.09. The number of carbonyl (C=O) groups is 2. The molecule has 0 aliphatic carbocycles. The van der Waals surface area contributed by atoms with Crippen LogP contribution in [0.3, 0.4) is 0 Å². The van der Waals surface area contributed by atoms with Crippen LogP contribution < -0.4 is 0 Å². The van der Waals surface area contributed by atoms with Gasteiger partial charge in [-0.05, 0) is 37.6 Å². The molecule has 2 aromatic heterocycles. The first-order valence-electron chi connectivity index (χ1n) is 6.37. The fourth-order valence-corrected chi connectivity index (χ4v) is 1.91. The topological polar surface area (TPSA) is 121 Å². The van der Waals surface area contributed by atoms with Gasteiger partial charge in [0.25, 0.3) is 0 Å². The molecule has 3 N–H and O–H groups in total. The van der Waals surface area contributed by atoms with E-state index in [0.717, 1.165) is 0 Å². The maximum absolute atomic E-state index is 11.4. The molecule has 0 fully saturated rings. The molecule has 0 aromatic carbocycles. The monoisotopic (exact) mass is 302 g/mol. The van der Waals surface area contributed by atoms with Gasteiger partial charge in [-0.15, -0.1) is 0 Å². The van der Waals surface area contributed by atoms with Crippen LogP contribution in [0, 0.1) is 0 Å². The van der Waals surface area contributed by atoms with Crippen LogP contribution >= 0.6 is 0 Å². The Morgan fingerprint density at radius 1 is 1.09 bits per heavy atom. The number of aromatic nitrogens is 2. The van der Waals surface area contributed by atoms with Crippen molar-refractivity contribution in [1.29, 1.82) is 0 Å². The largest absolute Gasteiger partial charge is 0.477 e. The van der Waals surface area contributed by atoms with Crippen molar-refractivity contribution < 1.29 is 24.9 Å². The SMILES string of the molecule is CC(C)(O)c1ccc(-c2ccnc(C(=O)O)c2)c(C(=O)O)n1.